The highest BCUT2D eigenvalue weighted by Crippen LogP contribution is 2.26. The fraction of sp³-hybridized carbons (Fsp3) is 0.250. The average molecular weight is 201 g/mol. The van der Waals surface area contributed by atoms with E-state index in [0.717, 1.165) is 5.69 Å². The largest absolute Gasteiger partial charge is 0.378 e. The molecule has 0 fully saturated rings. The summed E-state index contributed by atoms with van der Waals surface area (Å²) < 4.78 is 23.7. The van der Waals surface area contributed by atoms with Crippen LogP contribution < -0.4 is 9.08 Å². The summed E-state index contributed by atoms with van der Waals surface area (Å²) in [5.74, 6) is 0.397. The van der Waals surface area contributed by atoms with Crippen LogP contribution >= 0.6 is 0 Å². The molecule has 0 heterocycles. The Morgan fingerprint density at radius 2 is 2.00 bits per heavy atom. The third-order valence-electron chi connectivity index (χ3n) is 1.51. The van der Waals surface area contributed by atoms with E-state index in [9.17, 15) is 4.21 Å². The number of hydrogen-bond acceptors (Lipinski definition) is 3. The summed E-state index contributed by atoms with van der Waals surface area (Å²) in [6, 6.07) is 7.03. The van der Waals surface area contributed by atoms with Crippen LogP contribution in [-0.2, 0) is 11.4 Å². The second kappa shape index (κ2) is 4.25. The summed E-state index contributed by atoms with van der Waals surface area (Å²) in [6.45, 7) is 0. The molecule has 0 spiro atoms. The van der Waals surface area contributed by atoms with Crippen molar-refractivity contribution >= 4 is 17.0 Å². The van der Waals surface area contributed by atoms with E-state index >= 15 is 0 Å². The van der Waals surface area contributed by atoms with Gasteiger partial charge >= 0.3 is 11.4 Å². The number of hydrogen-bond donors (Lipinski definition) is 1. The Bertz CT molecular complexity index is 314. The zero-order chi connectivity index (χ0) is 9.84. The first-order valence-corrected chi connectivity index (χ1v) is 4.70. The maximum atomic E-state index is 10.4. The van der Waals surface area contributed by atoms with Gasteiger partial charge in [-0.25, -0.2) is 0 Å². The number of nitrogens with zero attached hydrogens (tertiary/aromatic N) is 1. The summed E-state index contributed by atoms with van der Waals surface area (Å²) in [6.07, 6.45) is 0. The molecular weight excluding hydrogens is 190 g/mol. The van der Waals surface area contributed by atoms with Crippen LogP contribution in [0.3, 0.4) is 0 Å². The van der Waals surface area contributed by atoms with E-state index in [4.69, 9.17) is 8.74 Å². The number of para-hydroxylation sites is 2. The number of rotatable bonds is 3. The Hall–Kier alpha value is -1.07. The third kappa shape index (κ3) is 2.71. The summed E-state index contributed by atoms with van der Waals surface area (Å²) >= 11 is -2.27. The van der Waals surface area contributed by atoms with Crippen molar-refractivity contribution in [1.29, 1.82) is 0 Å². The second-order valence-corrected chi connectivity index (χ2v) is 3.26. The summed E-state index contributed by atoms with van der Waals surface area (Å²) in [4.78, 5) is 1.81. The van der Waals surface area contributed by atoms with Crippen molar-refractivity contribution < 1.29 is 12.9 Å². The lowest BCUT2D eigenvalue weighted by molar-refractivity contribution is 0.458. The first kappa shape index (κ1) is 10.0. The van der Waals surface area contributed by atoms with Gasteiger partial charge in [-0.2, -0.15) is 4.21 Å². The van der Waals surface area contributed by atoms with Gasteiger partial charge in [-0.3, -0.25) is 4.55 Å². The van der Waals surface area contributed by atoms with Crippen LogP contribution in [0.25, 0.3) is 0 Å². The van der Waals surface area contributed by atoms with Gasteiger partial charge in [0.05, 0.1) is 5.69 Å². The van der Waals surface area contributed by atoms with Gasteiger partial charge < -0.3 is 9.08 Å². The smallest absolute Gasteiger partial charge is 0.357 e. The van der Waals surface area contributed by atoms with Crippen LogP contribution in [0.4, 0.5) is 5.69 Å². The van der Waals surface area contributed by atoms with Gasteiger partial charge in [-0.05, 0) is 12.1 Å². The first-order chi connectivity index (χ1) is 6.11. The zero-order valence-corrected chi connectivity index (χ0v) is 8.25. The van der Waals surface area contributed by atoms with Gasteiger partial charge in [0.1, 0.15) is 0 Å². The Morgan fingerprint density at radius 1 is 1.38 bits per heavy atom. The minimum absolute atomic E-state index is 0.397. The normalized spacial score (nSPS) is 12.2. The van der Waals surface area contributed by atoms with E-state index < -0.39 is 11.4 Å². The van der Waals surface area contributed by atoms with Crippen molar-refractivity contribution in [3.8, 4) is 5.75 Å². The van der Waals surface area contributed by atoms with E-state index in [1.54, 1.807) is 12.1 Å². The zero-order valence-electron chi connectivity index (χ0n) is 7.43. The molecule has 0 amide bonds. The molecule has 72 valence electrons. The van der Waals surface area contributed by atoms with Crippen LogP contribution in [-0.4, -0.2) is 22.9 Å². The van der Waals surface area contributed by atoms with Crippen molar-refractivity contribution in [2.75, 3.05) is 19.0 Å². The fourth-order valence-electron chi connectivity index (χ4n) is 0.974. The molecule has 0 aliphatic carbocycles. The number of anilines is 1. The SMILES string of the molecule is CN(C)c1ccccc1OS(=O)O. The Kier molecular flexibility index (Phi) is 3.27. The second-order valence-electron chi connectivity index (χ2n) is 2.66. The molecular formula is C8H11NO3S. The van der Waals surface area contributed by atoms with Crippen molar-refractivity contribution in [2.24, 2.45) is 0 Å². The predicted molar refractivity (Wildman–Crippen MR) is 52.2 cm³/mol. The van der Waals surface area contributed by atoms with Crippen LogP contribution in [0, 0.1) is 0 Å². The molecule has 1 rings (SSSR count). The molecule has 13 heavy (non-hydrogen) atoms. The van der Waals surface area contributed by atoms with Gasteiger partial charge in [0.15, 0.2) is 5.75 Å². The monoisotopic (exact) mass is 201 g/mol. The maximum absolute atomic E-state index is 10.4. The molecule has 0 aromatic heterocycles. The van der Waals surface area contributed by atoms with Crippen LogP contribution in [0.5, 0.6) is 5.75 Å². The molecule has 0 radical (unpaired) electrons. The van der Waals surface area contributed by atoms with Gasteiger partial charge in [-0.15, -0.1) is 0 Å². The minimum atomic E-state index is -2.27. The molecule has 1 N–H and O–H groups in total. The topological polar surface area (TPSA) is 49.8 Å². The maximum Gasteiger partial charge on any atom is 0.357 e. The van der Waals surface area contributed by atoms with Gasteiger partial charge in [0, 0.05) is 14.1 Å². The summed E-state index contributed by atoms with van der Waals surface area (Å²) in [5, 5.41) is 0. The molecule has 4 nitrogen and oxygen atoms in total. The Morgan fingerprint density at radius 3 is 2.54 bits per heavy atom. The van der Waals surface area contributed by atoms with Crippen molar-refractivity contribution in [2.45, 2.75) is 0 Å². The lowest BCUT2D eigenvalue weighted by Gasteiger charge is -2.15. The fourth-order valence-corrected chi connectivity index (χ4v) is 1.27. The highest BCUT2D eigenvalue weighted by atomic mass is 32.2. The Labute approximate surface area is 79.6 Å². The van der Waals surface area contributed by atoms with Crippen molar-refractivity contribution in [3.05, 3.63) is 24.3 Å². The molecule has 0 aliphatic heterocycles. The molecule has 5 heteroatoms. The minimum Gasteiger partial charge on any atom is -0.378 e. The summed E-state index contributed by atoms with van der Waals surface area (Å²) in [5.41, 5.74) is 0.768. The van der Waals surface area contributed by atoms with Crippen molar-refractivity contribution in [3.63, 3.8) is 0 Å². The van der Waals surface area contributed by atoms with E-state index in [1.807, 2.05) is 31.1 Å². The van der Waals surface area contributed by atoms with Gasteiger partial charge in [-0.1, -0.05) is 12.1 Å². The lowest BCUT2D eigenvalue weighted by Crippen LogP contribution is -2.11. The molecule has 1 atom stereocenters. The van der Waals surface area contributed by atoms with E-state index in [0.29, 0.717) is 5.75 Å². The van der Waals surface area contributed by atoms with E-state index in [-0.39, 0.29) is 0 Å². The highest BCUT2D eigenvalue weighted by Gasteiger charge is 2.06. The van der Waals surface area contributed by atoms with Crippen molar-refractivity contribution in [1.82, 2.24) is 0 Å². The Balaban J connectivity index is 2.97. The highest BCUT2D eigenvalue weighted by molar-refractivity contribution is 7.74. The van der Waals surface area contributed by atoms with Crippen LogP contribution in [0.1, 0.15) is 0 Å². The molecule has 0 aliphatic rings. The first-order valence-electron chi connectivity index (χ1n) is 3.67. The predicted octanol–water partition coefficient (Wildman–Crippen LogP) is 1.27. The van der Waals surface area contributed by atoms with E-state index in [2.05, 4.69) is 0 Å². The van der Waals surface area contributed by atoms with Gasteiger partial charge in [0.25, 0.3) is 0 Å². The average Bonchev–Trinajstić information content (AvgIpc) is 2.03. The quantitative estimate of drug-likeness (QED) is 0.748. The molecule has 0 bridgehead atoms. The van der Waals surface area contributed by atoms with E-state index in [1.165, 1.54) is 0 Å². The number of benzene rings is 1. The molecule has 1 aromatic rings. The molecule has 0 saturated heterocycles. The molecule has 1 aromatic carbocycles. The van der Waals surface area contributed by atoms with Gasteiger partial charge in [0.2, 0.25) is 0 Å². The summed E-state index contributed by atoms with van der Waals surface area (Å²) in [7, 11) is 3.67. The molecule has 0 saturated carbocycles. The standard InChI is InChI=1S/C8H11NO3S/c1-9(2)7-5-3-4-6-8(7)12-13(10)11/h3-6H,1-2H3,(H,10,11). The van der Waals surface area contributed by atoms with Crippen LogP contribution in [0.15, 0.2) is 24.3 Å². The third-order valence-corrected chi connectivity index (χ3v) is 1.83. The van der Waals surface area contributed by atoms with Crippen LogP contribution in [0.2, 0.25) is 0 Å². The molecule has 1 unspecified atom stereocenters. The lowest BCUT2D eigenvalue weighted by atomic mass is 10.3.